The highest BCUT2D eigenvalue weighted by atomic mass is 15.0. The number of aromatic nitrogens is 4. The van der Waals surface area contributed by atoms with Gasteiger partial charge in [0.2, 0.25) is 0 Å². The van der Waals surface area contributed by atoms with Crippen molar-refractivity contribution in [2.45, 2.75) is 0 Å². The maximum Gasteiger partial charge on any atom is 0.164 e. The van der Waals surface area contributed by atoms with Crippen molar-refractivity contribution in [3.05, 3.63) is 218 Å². The summed E-state index contributed by atoms with van der Waals surface area (Å²) in [6.45, 7) is 0. The second kappa shape index (κ2) is 14.3. The summed E-state index contributed by atoms with van der Waals surface area (Å²) in [6.07, 6.45) is 0. The van der Waals surface area contributed by atoms with Gasteiger partial charge in [0.15, 0.2) is 17.5 Å². The molecule has 0 saturated carbocycles. The summed E-state index contributed by atoms with van der Waals surface area (Å²) in [7, 11) is 0. The minimum absolute atomic E-state index is 0.619. The van der Waals surface area contributed by atoms with Crippen LogP contribution in [-0.4, -0.2) is 19.5 Å². The Morgan fingerprint density at radius 3 is 1.34 bits per heavy atom. The molecule has 0 radical (unpaired) electrons. The van der Waals surface area contributed by atoms with Gasteiger partial charge in [0.05, 0.1) is 11.0 Å². The molecule has 4 nitrogen and oxygen atoms in total. The van der Waals surface area contributed by atoms with Crippen LogP contribution in [0.5, 0.6) is 0 Å². The number of fused-ring (bicyclic) bond motifs is 9. The SMILES string of the molecule is c1ccc(-c2ccc(-c3nc(-c4ccccc4)nc(-c4cc(-n5c6ccccc6c6ccc(-c7ccccc7)cc65)cc5c6ccccc6c6ccccc6c45)n3)cc2)cc1. The molecule has 2 heterocycles. The van der Waals surface area contributed by atoms with Crippen molar-refractivity contribution in [1.29, 1.82) is 0 Å². The van der Waals surface area contributed by atoms with Crippen LogP contribution < -0.4 is 0 Å². The average molecular weight is 777 g/mol. The van der Waals surface area contributed by atoms with Gasteiger partial charge < -0.3 is 4.57 Å². The quantitative estimate of drug-likeness (QED) is 0.158. The van der Waals surface area contributed by atoms with Crippen molar-refractivity contribution in [2.24, 2.45) is 0 Å². The monoisotopic (exact) mass is 776 g/mol. The molecule has 284 valence electrons. The van der Waals surface area contributed by atoms with E-state index >= 15 is 0 Å². The zero-order chi connectivity index (χ0) is 40.3. The Hall–Kier alpha value is -8.21. The number of benzene rings is 10. The van der Waals surface area contributed by atoms with Crippen LogP contribution >= 0.6 is 0 Å². The second-order valence-electron chi connectivity index (χ2n) is 15.6. The first-order chi connectivity index (χ1) is 30.2. The van der Waals surface area contributed by atoms with E-state index in [1.165, 1.54) is 43.6 Å². The number of nitrogens with zero attached hydrogens (tertiary/aromatic N) is 4. The number of para-hydroxylation sites is 1. The molecule has 0 aliphatic heterocycles. The van der Waals surface area contributed by atoms with Crippen molar-refractivity contribution >= 4 is 54.1 Å². The highest BCUT2D eigenvalue weighted by molar-refractivity contribution is 6.28. The molecular formula is C57H36N4. The Morgan fingerprint density at radius 1 is 0.262 bits per heavy atom. The van der Waals surface area contributed by atoms with Crippen LogP contribution in [0.2, 0.25) is 0 Å². The number of rotatable bonds is 6. The van der Waals surface area contributed by atoms with E-state index in [1.54, 1.807) is 0 Å². The van der Waals surface area contributed by atoms with Gasteiger partial charge in [-0.25, -0.2) is 15.0 Å². The molecular weight excluding hydrogens is 741 g/mol. The molecule has 12 rings (SSSR count). The van der Waals surface area contributed by atoms with Crippen molar-refractivity contribution in [2.75, 3.05) is 0 Å². The molecule has 0 bridgehead atoms. The second-order valence-corrected chi connectivity index (χ2v) is 15.6. The maximum absolute atomic E-state index is 5.41. The van der Waals surface area contributed by atoms with Crippen molar-refractivity contribution in [1.82, 2.24) is 19.5 Å². The predicted octanol–water partition coefficient (Wildman–Crippen LogP) is 14.8. The van der Waals surface area contributed by atoms with E-state index in [1.807, 2.05) is 24.3 Å². The highest BCUT2D eigenvalue weighted by Gasteiger charge is 2.21. The summed E-state index contributed by atoms with van der Waals surface area (Å²) in [5.74, 6) is 1.87. The molecule has 0 saturated heterocycles. The fourth-order valence-electron chi connectivity index (χ4n) is 9.17. The Balaban J connectivity index is 1.18. The highest BCUT2D eigenvalue weighted by Crippen LogP contribution is 2.43. The third-order valence-electron chi connectivity index (χ3n) is 12.0. The molecule has 61 heavy (non-hydrogen) atoms. The fraction of sp³-hybridized carbons (Fsp3) is 0. The summed E-state index contributed by atoms with van der Waals surface area (Å²) in [5.41, 5.74) is 10.8. The number of hydrogen-bond acceptors (Lipinski definition) is 3. The van der Waals surface area contributed by atoms with Crippen LogP contribution in [0.4, 0.5) is 0 Å². The Labute approximate surface area is 352 Å². The van der Waals surface area contributed by atoms with Gasteiger partial charge in [-0.1, -0.05) is 194 Å². The standard InChI is InChI=1S/C57H36N4/c1-4-16-37(17-5-1)39-28-30-41(31-29-39)56-58-55(40-20-8-3-9-21-40)59-57(60-56)51-36-43(35-50-46-24-11-10-22-44(46)45-23-12-13-26-49(45)54(50)51)61-52-27-15-14-25-47(52)48-33-32-42(34-53(48)61)38-18-6-2-7-19-38/h1-36H. The van der Waals surface area contributed by atoms with Gasteiger partial charge in [0.1, 0.15) is 0 Å². The normalized spacial score (nSPS) is 11.6. The lowest BCUT2D eigenvalue weighted by molar-refractivity contribution is 1.07. The lowest BCUT2D eigenvalue weighted by atomic mass is 9.91. The third-order valence-corrected chi connectivity index (χ3v) is 12.0. The molecule has 0 aliphatic carbocycles. The Morgan fingerprint density at radius 2 is 0.689 bits per heavy atom. The molecule has 0 atom stereocenters. The van der Waals surface area contributed by atoms with Crippen LogP contribution in [0.15, 0.2) is 218 Å². The van der Waals surface area contributed by atoms with E-state index in [9.17, 15) is 0 Å². The minimum Gasteiger partial charge on any atom is -0.309 e. The first-order valence-electron chi connectivity index (χ1n) is 20.7. The van der Waals surface area contributed by atoms with E-state index in [0.29, 0.717) is 17.5 Å². The molecule has 0 aliphatic rings. The first kappa shape index (κ1) is 34.8. The Bertz CT molecular complexity index is 3610. The zero-order valence-electron chi connectivity index (χ0n) is 33.1. The summed E-state index contributed by atoms with van der Waals surface area (Å²) >= 11 is 0. The molecule has 10 aromatic carbocycles. The molecule has 0 N–H and O–H groups in total. The van der Waals surface area contributed by atoms with Crippen molar-refractivity contribution in [3.63, 3.8) is 0 Å². The molecule has 2 aromatic heterocycles. The van der Waals surface area contributed by atoms with E-state index in [0.717, 1.165) is 55.1 Å². The van der Waals surface area contributed by atoms with Gasteiger partial charge in [-0.3, -0.25) is 0 Å². The van der Waals surface area contributed by atoms with Gasteiger partial charge in [-0.15, -0.1) is 0 Å². The molecule has 4 heteroatoms. The van der Waals surface area contributed by atoms with Gasteiger partial charge in [0.25, 0.3) is 0 Å². The molecule has 0 spiro atoms. The molecule has 0 amide bonds. The topological polar surface area (TPSA) is 43.6 Å². The van der Waals surface area contributed by atoms with Crippen LogP contribution in [0.25, 0.3) is 116 Å². The van der Waals surface area contributed by atoms with E-state index < -0.39 is 0 Å². The fourth-order valence-corrected chi connectivity index (χ4v) is 9.17. The van der Waals surface area contributed by atoms with Gasteiger partial charge >= 0.3 is 0 Å². The lowest BCUT2D eigenvalue weighted by Crippen LogP contribution is -2.02. The predicted molar refractivity (Wildman–Crippen MR) is 254 cm³/mol. The maximum atomic E-state index is 5.41. The van der Waals surface area contributed by atoms with Crippen LogP contribution in [-0.2, 0) is 0 Å². The average Bonchev–Trinajstić information content (AvgIpc) is 3.68. The van der Waals surface area contributed by atoms with E-state index in [4.69, 9.17) is 15.0 Å². The molecule has 12 aromatic rings. The summed E-state index contributed by atoms with van der Waals surface area (Å²) < 4.78 is 2.42. The van der Waals surface area contributed by atoms with Crippen molar-refractivity contribution < 1.29 is 0 Å². The Kier molecular flexibility index (Phi) is 8.13. The minimum atomic E-state index is 0.619. The van der Waals surface area contributed by atoms with Gasteiger partial charge in [-0.05, 0) is 73.5 Å². The smallest absolute Gasteiger partial charge is 0.164 e. The van der Waals surface area contributed by atoms with Crippen LogP contribution in [0.1, 0.15) is 0 Å². The molecule has 0 fully saturated rings. The summed E-state index contributed by atoms with van der Waals surface area (Å²) in [5, 5.41) is 9.39. The largest absolute Gasteiger partial charge is 0.309 e. The van der Waals surface area contributed by atoms with Crippen LogP contribution in [0, 0.1) is 0 Å². The zero-order valence-corrected chi connectivity index (χ0v) is 33.1. The van der Waals surface area contributed by atoms with E-state index in [-0.39, 0.29) is 0 Å². The number of hydrogen-bond donors (Lipinski definition) is 0. The summed E-state index contributed by atoms with van der Waals surface area (Å²) in [6, 6.07) is 77.6. The third kappa shape index (κ3) is 5.88. The van der Waals surface area contributed by atoms with Crippen LogP contribution in [0.3, 0.4) is 0 Å². The van der Waals surface area contributed by atoms with Crippen molar-refractivity contribution in [3.8, 4) is 62.1 Å². The van der Waals surface area contributed by atoms with E-state index in [2.05, 4.69) is 199 Å². The van der Waals surface area contributed by atoms with Gasteiger partial charge in [-0.2, -0.15) is 0 Å². The molecule has 0 unspecified atom stereocenters. The summed E-state index contributed by atoms with van der Waals surface area (Å²) in [4.78, 5) is 15.9. The first-order valence-corrected chi connectivity index (χ1v) is 20.7. The van der Waals surface area contributed by atoms with Gasteiger partial charge in [0, 0.05) is 38.5 Å². The lowest BCUT2D eigenvalue weighted by Gasteiger charge is -2.18.